The van der Waals surface area contributed by atoms with E-state index in [-0.39, 0.29) is 38.0 Å². The van der Waals surface area contributed by atoms with E-state index < -0.39 is 12.1 Å². The van der Waals surface area contributed by atoms with Crippen LogP contribution in [0.1, 0.15) is 162 Å². The topological polar surface area (TPSA) is 78.9 Å². The van der Waals surface area contributed by atoms with Crippen LogP contribution >= 0.6 is 0 Å². The highest BCUT2D eigenvalue weighted by Gasteiger charge is 2.19. The summed E-state index contributed by atoms with van der Waals surface area (Å²) in [6.45, 7) is 6.10. The first-order chi connectivity index (χ1) is 32.0. The molecule has 0 saturated carbocycles. The molecular weight excluding hydrogens is 805 g/mol. The first-order valence-electron chi connectivity index (χ1n) is 24.7. The maximum Gasteiger partial charge on any atom is 0.306 e. The van der Waals surface area contributed by atoms with E-state index >= 15 is 0 Å². The fourth-order valence-electron chi connectivity index (χ4n) is 5.77. The quantitative estimate of drug-likeness (QED) is 0.0200. The van der Waals surface area contributed by atoms with Crippen molar-refractivity contribution in [1.29, 1.82) is 0 Å². The van der Waals surface area contributed by atoms with Gasteiger partial charge in [0, 0.05) is 19.3 Å². The van der Waals surface area contributed by atoms with Gasteiger partial charge in [-0.2, -0.15) is 0 Å². The van der Waals surface area contributed by atoms with E-state index in [0.717, 1.165) is 109 Å². The molecule has 6 heteroatoms. The summed E-state index contributed by atoms with van der Waals surface area (Å²) < 4.78 is 16.6. The van der Waals surface area contributed by atoms with Crippen molar-refractivity contribution in [2.75, 3.05) is 13.2 Å². The van der Waals surface area contributed by atoms with E-state index in [1.807, 2.05) is 72.9 Å². The Balaban J connectivity index is 4.68. The SMILES string of the molecule is CC\C=C/C=C\C=C/C=C\C=C\C=C/CCCCCC(=O)OCC(COC(=O)CCCCCC/C=C\C/C=C\C/C=C\CC)OC(=O)CC/C=C\C/C=C\C/C=C\C/C=C\C/C=C\CC. The molecular formula is C59H86O6. The third kappa shape index (κ3) is 49.6. The monoisotopic (exact) mass is 891 g/mol. The van der Waals surface area contributed by atoms with Gasteiger partial charge in [-0.15, -0.1) is 0 Å². The third-order valence-electron chi connectivity index (χ3n) is 9.37. The highest BCUT2D eigenvalue weighted by molar-refractivity contribution is 5.71. The minimum absolute atomic E-state index is 0.144. The number of hydrogen-bond donors (Lipinski definition) is 0. The lowest BCUT2D eigenvalue weighted by Crippen LogP contribution is -2.30. The first-order valence-corrected chi connectivity index (χ1v) is 24.7. The minimum atomic E-state index is -0.855. The predicted octanol–water partition coefficient (Wildman–Crippen LogP) is 16.4. The van der Waals surface area contributed by atoms with Gasteiger partial charge in [0.1, 0.15) is 13.2 Å². The molecule has 0 amide bonds. The zero-order valence-electron chi connectivity index (χ0n) is 40.7. The molecule has 0 saturated heterocycles. The summed E-state index contributed by atoms with van der Waals surface area (Å²) in [4.78, 5) is 37.9. The summed E-state index contributed by atoms with van der Waals surface area (Å²) in [7, 11) is 0. The molecule has 0 N–H and O–H groups in total. The van der Waals surface area contributed by atoms with E-state index in [9.17, 15) is 14.4 Å². The molecule has 6 nitrogen and oxygen atoms in total. The number of esters is 3. The van der Waals surface area contributed by atoms with Crippen LogP contribution in [0.4, 0.5) is 0 Å². The summed E-state index contributed by atoms with van der Waals surface area (Å²) in [5.74, 6) is -1.11. The molecule has 0 aromatic heterocycles. The standard InChI is InChI=1S/C59H86O6/c1-4-7-10-13-16-19-22-25-28-30-32-34-37-40-43-46-49-52-58(61)64-55-56(54-63-57(60)51-48-45-42-39-36-33-27-24-21-18-15-12-9-6-3)65-59(62)53-50-47-44-41-38-35-31-29-26-23-20-17-14-11-8-5-2/h7-13,16-22,25-30,32-35,37-38,44,47,56H,4-6,14-15,23-24,31,36,39-43,45-46,48-55H2,1-3H3/b10-7-,11-8-,12-9-,16-13-,20-17-,21-18-,22-19-,28-25-,29-26-,32-30+,33-27-,37-34-,38-35-,47-44-. The molecule has 0 fully saturated rings. The van der Waals surface area contributed by atoms with Gasteiger partial charge in [-0.05, 0) is 103 Å². The van der Waals surface area contributed by atoms with E-state index in [2.05, 4.69) is 118 Å². The molecule has 1 atom stereocenters. The van der Waals surface area contributed by atoms with Crippen molar-refractivity contribution in [3.8, 4) is 0 Å². The number of hydrogen-bond acceptors (Lipinski definition) is 6. The van der Waals surface area contributed by atoms with Crippen LogP contribution in [-0.4, -0.2) is 37.2 Å². The van der Waals surface area contributed by atoms with Crippen LogP contribution in [-0.2, 0) is 28.6 Å². The van der Waals surface area contributed by atoms with E-state index in [1.165, 1.54) is 0 Å². The van der Waals surface area contributed by atoms with Gasteiger partial charge in [-0.1, -0.05) is 210 Å². The van der Waals surface area contributed by atoms with E-state index in [1.54, 1.807) is 0 Å². The highest BCUT2D eigenvalue weighted by atomic mass is 16.6. The summed E-state index contributed by atoms with van der Waals surface area (Å²) in [5.41, 5.74) is 0. The van der Waals surface area contributed by atoms with Crippen molar-refractivity contribution in [1.82, 2.24) is 0 Å². The summed E-state index contributed by atoms with van der Waals surface area (Å²) in [6.07, 6.45) is 76.3. The average molecular weight is 891 g/mol. The predicted molar refractivity (Wildman–Crippen MR) is 278 cm³/mol. The second-order valence-corrected chi connectivity index (χ2v) is 15.4. The van der Waals surface area contributed by atoms with Crippen molar-refractivity contribution in [2.24, 2.45) is 0 Å². The summed E-state index contributed by atoms with van der Waals surface area (Å²) in [5, 5.41) is 0. The molecule has 1 unspecified atom stereocenters. The Morgan fingerprint density at radius 1 is 0.323 bits per heavy atom. The third-order valence-corrected chi connectivity index (χ3v) is 9.37. The van der Waals surface area contributed by atoms with Crippen LogP contribution < -0.4 is 0 Å². The number of carbonyl (C=O) groups is 3. The average Bonchev–Trinajstić information content (AvgIpc) is 3.30. The molecule has 0 radical (unpaired) electrons. The molecule has 0 rings (SSSR count). The molecule has 0 aliphatic carbocycles. The lowest BCUT2D eigenvalue weighted by atomic mass is 10.1. The Hall–Kier alpha value is -5.23. The smallest absolute Gasteiger partial charge is 0.306 e. The maximum atomic E-state index is 12.8. The fourth-order valence-corrected chi connectivity index (χ4v) is 5.77. The molecule has 0 aromatic rings. The Kier molecular flexibility index (Phi) is 47.3. The van der Waals surface area contributed by atoms with Gasteiger partial charge < -0.3 is 14.2 Å². The number of allylic oxidation sites excluding steroid dienone is 28. The van der Waals surface area contributed by atoms with Crippen LogP contribution in [0.15, 0.2) is 170 Å². The van der Waals surface area contributed by atoms with Gasteiger partial charge in [0.2, 0.25) is 0 Å². The summed E-state index contributed by atoms with van der Waals surface area (Å²) in [6, 6.07) is 0. The fraction of sp³-hybridized carbons (Fsp3) is 0.475. The Labute approximate surface area is 396 Å². The molecule has 0 aliphatic rings. The van der Waals surface area contributed by atoms with Crippen LogP contribution in [0.5, 0.6) is 0 Å². The first kappa shape index (κ1) is 59.8. The van der Waals surface area contributed by atoms with Crippen LogP contribution in [0.3, 0.4) is 0 Å². The minimum Gasteiger partial charge on any atom is -0.462 e. The van der Waals surface area contributed by atoms with Crippen LogP contribution in [0, 0.1) is 0 Å². The molecule has 65 heavy (non-hydrogen) atoms. The van der Waals surface area contributed by atoms with E-state index in [4.69, 9.17) is 14.2 Å². The molecule has 358 valence electrons. The van der Waals surface area contributed by atoms with Crippen molar-refractivity contribution >= 4 is 17.9 Å². The Morgan fingerprint density at radius 3 is 1.11 bits per heavy atom. The molecule has 0 aromatic carbocycles. The van der Waals surface area contributed by atoms with Gasteiger partial charge in [0.05, 0.1) is 0 Å². The normalized spacial score (nSPS) is 13.6. The van der Waals surface area contributed by atoms with Gasteiger partial charge in [0.25, 0.3) is 0 Å². The largest absolute Gasteiger partial charge is 0.462 e. The zero-order chi connectivity index (χ0) is 47.2. The lowest BCUT2D eigenvalue weighted by molar-refractivity contribution is -0.166. The zero-order valence-corrected chi connectivity index (χ0v) is 40.7. The van der Waals surface area contributed by atoms with E-state index in [0.29, 0.717) is 19.3 Å². The Bertz CT molecular complexity index is 1590. The number of rotatable bonds is 41. The number of unbranched alkanes of at least 4 members (excludes halogenated alkanes) is 7. The van der Waals surface area contributed by atoms with Gasteiger partial charge in [0.15, 0.2) is 6.10 Å². The molecule has 0 aliphatic heterocycles. The van der Waals surface area contributed by atoms with Crippen molar-refractivity contribution in [3.63, 3.8) is 0 Å². The van der Waals surface area contributed by atoms with Gasteiger partial charge in [-0.25, -0.2) is 0 Å². The molecule has 0 heterocycles. The van der Waals surface area contributed by atoms with Crippen LogP contribution in [0.25, 0.3) is 0 Å². The highest BCUT2D eigenvalue weighted by Crippen LogP contribution is 2.10. The van der Waals surface area contributed by atoms with Crippen molar-refractivity contribution in [3.05, 3.63) is 170 Å². The lowest BCUT2D eigenvalue weighted by Gasteiger charge is -2.18. The number of carbonyl (C=O) groups excluding carboxylic acids is 3. The molecule has 0 bridgehead atoms. The second-order valence-electron chi connectivity index (χ2n) is 15.4. The van der Waals surface area contributed by atoms with Gasteiger partial charge in [-0.3, -0.25) is 14.4 Å². The van der Waals surface area contributed by atoms with Crippen molar-refractivity contribution < 1.29 is 28.6 Å². The molecule has 0 spiro atoms. The second kappa shape index (κ2) is 51.4. The Morgan fingerprint density at radius 2 is 0.662 bits per heavy atom. The summed E-state index contributed by atoms with van der Waals surface area (Å²) >= 11 is 0. The van der Waals surface area contributed by atoms with Crippen LogP contribution in [0.2, 0.25) is 0 Å². The van der Waals surface area contributed by atoms with Crippen molar-refractivity contribution in [2.45, 2.75) is 168 Å². The number of ether oxygens (including phenoxy) is 3. The maximum absolute atomic E-state index is 12.8. The van der Waals surface area contributed by atoms with Gasteiger partial charge >= 0.3 is 17.9 Å².